The molecule has 0 saturated heterocycles. The molecule has 0 amide bonds. The van der Waals surface area contributed by atoms with Crippen molar-refractivity contribution in [3.8, 4) is 5.75 Å². The topological polar surface area (TPSA) is 89.5 Å². The molecular formula is C23H20NO5PS3. The molecule has 1 atom stereocenters. The first kappa shape index (κ1) is 23.4. The zero-order chi connectivity index (χ0) is 23.5. The molecule has 1 N–H and O–H groups in total. The summed E-state index contributed by atoms with van der Waals surface area (Å²) < 4.78 is 56.7. The number of nitrogens with one attached hydrogen (secondary N) is 1. The van der Waals surface area contributed by atoms with E-state index in [4.69, 9.17) is 4.18 Å². The second-order valence-electron chi connectivity index (χ2n) is 7.04. The van der Waals surface area contributed by atoms with Crippen LogP contribution >= 0.6 is 20.6 Å². The van der Waals surface area contributed by atoms with Crippen molar-refractivity contribution in [2.24, 2.45) is 0 Å². The van der Waals surface area contributed by atoms with E-state index in [-0.39, 0.29) is 20.4 Å². The van der Waals surface area contributed by atoms with Crippen molar-refractivity contribution in [1.82, 2.24) is 0 Å². The van der Waals surface area contributed by atoms with Crippen molar-refractivity contribution in [2.75, 3.05) is 5.32 Å². The van der Waals surface area contributed by atoms with Crippen molar-refractivity contribution in [2.45, 2.75) is 21.2 Å². The quantitative estimate of drug-likeness (QED) is 0.274. The van der Waals surface area contributed by atoms with E-state index >= 15 is 0 Å². The standard InChI is InChI=1S/C23H20NO5PS3/c25-32(26,21-12-10-19(30)11-13-21)22-4-1-5-23(15-22)33(27,28)29-18-8-6-17(7-9-18)24-16-20-3-2-14-31-20/h1-15,24H,16,30H2. The van der Waals surface area contributed by atoms with Gasteiger partial charge in [0.2, 0.25) is 9.84 Å². The summed E-state index contributed by atoms with van der Waals surface area (Å²) in [5, 5.41) is 6.09. The van der Waals surface area contributed by atoms with Gasteiger partial charge in [0.1, 0.15) is 10.6 Å². The molecule has 0 aliphatic heterocycles. The minimum atomic E-state index is -4.23. The number of hydrogen-bond acceptors (Lipinski definition) is 7. The lowest BCUT2D eigenvalue weighted by Crippen LogP contribution is -2.11. The highest BCUT2D eigenvalue weighted by Crippen LogP contribution is 2.26. The number of anilines is 1. The number of hydrogen-bond donors (Lipinski definition) is 1. The van der Waals surface area contributed by atoms with Gasteiger partial charge in [0, 0.05) is 17.1 Å². The maximum atomic E-state index is 12.9. The fraction of sp³-hybridized carbons (Fsp3) is 0.0435. The molecule has 3 aromatic carbocycles. The Morgan fingerprint density at radius 3 is 2.15 bits per heavy atom. The van der Waals surface area contributed by atoms with Crippen LogP contribution in [0, 0.1) is 0 Å². The Morgan fingerprint density at radius 2 is 1.48 bits per heavy atom. The van der Waals surface area contributed by atoms with Crippen LogP contribution in [-0.4, -0.2) is 16.8 Å². The Balaban J connectivity index is 1.51. The first-order chi connectivity index (χ1) is 15.7. The molecule has 0 fully saturated rings. The number of thiophene rings is 1. The van der Waals surface area contributed by atoms with Gasteiger partial charge in [-0.1, -0.05) is 24.3 Å². The van der Waals surface area contributed by atoms with E-state index in [2.05, 4.69) is 14.6 Å². The van der Waals surface area contributed by atoms with Crippen molar-refractivity contribution >= 4 is 51.5 Å². The summed E-state index contributed by atoms with van der Waals surface area (Å²) in [5.41, 5.74) is 0.817. The number of benzene rings is 3. The van der Waals surface area contributed by atoms with Crippen LogP contribution in [0.2, 0.25) is 0 Å². The first-order valence-corrected chi connectivity index (χ1v) is 14.1. The monoisotopic (exact) mass is 517 g/mol. The number of sulfone groups is 1. The molecule has 0 aliphatic carbocycles. The van der Waals surface area contributed by atoms with Crippen molar-refractivity contribution in [1.29, 1.82) is 0 Å². The molecule has 4 aromatic rings. The van der Waals surface area contributed by atoms with Gasteiger partial charge in [0.15, 0.2) is 0 Å². The van der Waals surface area contributed by atoms with Gasteiger partial charge in [-0.3, -0.25) is 0 Å². The third-order valence-corrected chi connectivity index (χ3v) is 8.97. The van der Waals surface area contributed by atoms with Crippen LogP contribution in [0.3, 0.4) is 0 Å². The molecule has 0 saturated carbocycles. The Labute approximate surface area is 199 Å². The van der Waals surface area contributed by atoms with Crippen LogP contribution in [0.1, 0.15) is 4.88 Å². The fourth-order valence-electron chi connectivity index (χ4n) is 2.99. The minimum absolute atomic E-state index is 0.0785. The van der Waals surface area contributed by atoms with Crippen LogP contribution in [0.25, 0.3) is 0 Å². The minimum Gasteiger partial charge on any atom is -0.380 e. The van der Waals surface area contributed by atoms with Crippen molar-refractivity contribution in [3.63, 3.8) is 0 Å². The van der Waals surface area contributed by atoms with Gasteiger partial charge in [0.25, 0.3) is 0 Å². The second-order valence-corrected chi connectivity index (χ2v) is 12.2. The molecule has 0 bridgehead atoms. The summed E-state index contributed by atoms with van der Waals surface area (Å²) in [5.74, 6) is 0.126. The third kappa shape index (κ3) is 5.62. The highest BCUT2D eigenvalue weighted by atomic mass is 32.2. The lowest BCUT2D eigenvalue weighted by Gasteiger charge is -2.10. The summed E-state index contributed by atoms with van der Waals surface area (Å²) in [4.78, 5) is 0.884. The van der Waals surface area contributed by atoms with E-state index < -0.39 is 20.0 Å². The predicted molar refractivity (Wildman–Crippen MR) is 134 cm³/mol. The zero-order valence-electron chi connectivity index (χ0n) is 17.2. The van der Waals surface area contributed by atoms with E-state index in [1.807, 2.05) is 17.5 Å². The molecule has 1 unspecified atom stereocenters. The average molecular weight is 518 g/mol. The molecule has 0 aliphatic rings. The van der Waals surface area contributed by atoms with Crippen LogP contribution in [0.15, 0.2) is 105 Å². The van der Waals surface area contributed by atoms with Gasteiger partial charge >= 0.3 is 10.1 Å². The first-order valence-electron chi connectivity index (χ1n) is 9.75. The Kier molecular flexibility index (Phi) is 6.86. The highest BCUT2D eigenvalue weighted by molar-refractivity contribution is 7.91. The second kappa shape index (κ2) is 9.65. The zero-order valence-corrected chi connectivity index (χ0v) is 20.8. The van der Waals surface area contributed by atoms with E-state index in [9.17, 15) is 16.8 Å². The smallest absolute Gasteiger partial charge is 0.339 e. The van der Waals surface area contributed by atoms with Gasteiger partial charge in [-0.05, 0) is 71.3 Å². The summed E-state index contributed by atoms with van der Waals surface area (Å²) in [6.45, 7) is 0.664. The Morgan fingerprint density at radius 1 is 0.788 bits per heavy atom. The Hall–Kier alpha value is -2.71. The van der Waals surface area contributed by atoms with Crippen LogP contribution in [0.5, 0.6) is 5.75 Å². The van der Waals surface area contributed by atoms with E-state index in [1.165, 1.54) is 35.2 Å². The van der Waals surface area contributed by atoms with E-state index in [1.54, 1.807) is 47.7 Å². The normalized spacial score (nSPS) is 11.8. The van der Waals surface area contributed by atoms with Gasteiger partial charge < -0.3 is 9.50 Å². The average Bonchev–Trinajstić information content (AvgIpc) is 3.33. The van der Waals surface area contributed by atoms with Crippen LogP contribution in [0.4, 0.5) is 5.69 Å². The van der Waals surface area contributed by atoms with E-state index in [0.29, 0.717) is 6.54 Å². The van der Waals surface area contributed by atoms with Gasteiger partial charge in [-0.25, -0.2) is 8.42 Å². The maximum absolute atomic E-state index is 12.9. The molecular weight excluding hydrogens is 497 g/mol. The molecule has 0 spiro atoms. The summed E-state index contributed by atoms with van der Waals surface area (Å²) in [6.07, 6.45) is 0. The molecule has 10 heteroatoms. The summed E-state index contributed by atoms with van der Waals surface area (Å²) in [7, 11) is -5.63. The highest BCUT2D eigenvalue weighted by Gasteiger charge is 2.22. The molecule has 1 aromatic heterocycles. The number of rotatable bonds is 8. The summed E-state index contributed by atoms with van der Waals surface area (Å²) >= 11 is 1.64. The lowest BCUT2D eigenvalue weighted by molar-refractivity contribution is 0.486. The SMILES string of the molecule is O=S(=O)(Oc1ccc(NCc2cccs2)cc1)c1cccc(S(=O)(=O)c2ccc(P)cc2)c1. The van der Waals surface area contributed by atoms with Crippen LogP contribution < -0.4 is 14.8 Å². The molecule has 0 radical (unpaired) electrons. The van der Waals surface area contributed by atoms with Crippen molar-refractivity contribution < 1.29 is 21.0 Å². The Bertz CT molecular complexity index is 1450. The molecule has 33 heavy (non-hydrogen) atoms. The molecule has 1 heterocycles. The molecule has 4 rings (SSSR count). The summed E-state index contributed by atoms with van der Waals surface area (Å²) in [6, 6.07) is 21.9. The van der Waals surface area contributed by atoms with E-state index in [0.717, 1.165) is 17.1 Å². The third-order valence-electron chi connectivity index (χ3n) is 4.70. The molecule has 6 nitrogen and oxygen atoms in total. The van der Waals surface area contributed by atoms with Gasteiger partial charge in [-0.15, -0.1) is 20.6 Å². The largest absolute Gasteiger partial charge is 0.380 e. The maximum Gasteiger partial charge on any atom is 0.339 e. The fourth-order valence-corrected chi connectivity index (χ4v) is 6.18. The molecule has 170 valence electrons. The van der Waals surface area contributed by atoms with Gasteiger partial charge in [0.05, 0.1) is 9.79 Å². The lowest BCUT2D eigenvalue weighted by atomic mass is 10.3. The van der Waals surface area contributed by atoms with Gasteiger partial charge in [-0.2, -0.15) is 8.42 Å². The van der Waals surface area contributed by atoms with Crippen LogP contribution in [-0.2, 0) is 26.5 Å². The predicted octanol–water partition coefficient (Wildman–Crippen LogP) is 4.46. The van der Waals surface area contributed by atoms with Crippen molar-refractivity contribution in [3.05, 3.63) is 95.2 Å².